The standard InChI is InChI=1S/C46H39F3N4O4S4/c1-28-6-14-32(15-7-28)52(33-16-8-29(2)9-17-33)36-22-24-38(40(26-36)50-60(5,54)55)42-44(58)43(45(42)59)39-25-23-37(27-41(39)51-61(56,57)46(47,48)49)53(34-18-10-30(3)11-19-34)35-20-12-31(4)13-21-35/h6-27H,1-5H3,(H2,50,51,58,59)/p+1. The molecule has 0 fully saturated rings. The predicted octanol–water partition coefficient (Wildman–Crippen LogP) is 11.0. The van der Waals surface area contributed by atoms with E-state index in [2.05, 4.69) is 4.72 Å². The number of rotatable bonds is 10. The number of hydrogen-bond donors (Lipinski definition) is 3. The fourth-order valence-corrected chi connectivity index (χ4v) is 9.10. The highest BCUT2D eigenvalue weighted by molar-refractivity contribution is 7.93. The average molecular weight is 898 g/mol. The number of aryl methyl sites for hydroxylation is 4. The first-order valence-electron chi connectivity index (χ1n) is 18.8. The zero-order valence-corrected chi connectivity index (χ0v) is 36.9. The number of anilines is 4. The van der Waals surface area contributed by atoms with Gasteiger partial charge >= 0.3 is 15.5 Å². The molecule has 2 aliphatic carbocycles. The van der Waals surface area contributed by atoms with Crippen LogP contribution in [0.4, 0.5) is 47.3 Å². The van der Waals surface area contributed by atoms with Crippen molar-refractivity contribution in [2.24, 2.45) is 0 Å². The number of benzene rings is 5. The maximum Gasteiger partial charge on any atom is 0.516 e. The van der Waals surface area contributed by atoms with Gasteiger partial charge in [0.2, 0.25) is 27.1 Å². The Morgan fingerprint density at radius 1 is 0.639 bits per heavy atom. The van der Waals surface area contributed by atoms with Crippen LogP contribution in [-0.2, 0) is 20.0 Å². The van der Waals surface area contributed by atoms with Crippen LogP contribution in [0.2, 0.25) is 0 Å². The second-order valence-corrected chi connectivity index (χ2v) is 19.1. The molecule has 0 saturated carbocycles. The Morgan fingerprint density at radius 3 is 1.54 bits per heavy atom. The van der Waals surface area contributed by atoms with E-state index < -0.39 is 31.2 Å². The van der Waals surface area contributed by atoms with E-state index >= 15 is 0 Å². The van der Waals surface area contributed by atoms with Gasteiger partial charge in [0.25, 0.3) is 0 Å². The summed E-state index contributed by atoms with van der Waals surface area (Å²) in [5, 5.41) is 0. The first kappa shape index (κ1) is 43.4. The molecular weight excluding hydrogens is 858 g/mol. The van der Waals surface area contributed by atoms with Gasteiger partial charge in [0.15, 0.2) is 0 Å². The summed E-state index contributed by atoms with van der Waals surface area (Å²) < 4.78 is 99.6. The van der Waals surface area contributed by atoms with E-state index in [1.165, 1.54) is 12.1 Å². The van der Waals surface area contributed by atoms with Gasteiger partial charge in [-0.05, 0) is 70.2 Å². The average Bonchev–Trinajstić information content (AvgIpc) is 3.19. The minimum absolute atomic E-state index is 0.0437. The molecule has 15 heteroatoms. The van der Waals surface area contributed by atoms with Crippen molar-refractivity contribution in [2.45, 2.75) is 33.2 Å². The summed E-state index contributed by atoms with van der Waals surface area (Å²) in [5.74, 6) is 0. The second kappa shape index (κ2) is 16.6. The molecule has 0 bridgehead atoms. The zero-order valence-electron chi connectivity index (χ0n) is 33.5. The molecule has 0 saturated heterocycles. The highest BCUT2D eigenvalue weighted by atomic mass is 32.2. The first-order valence-corrected chi connectivity index (χ1v) is 23.0. The normalized spacial score (nSPS) is 15.7. The number of alkyl halides is 3. The zero-order chi connectivity index (χ0) is 44.0. The lowest BCUT2D eigenvalue weighted by molar-refractivity contribution is -0.0429. The first-order chi connectivity index (χ1) is 28.7. The molecule has 2 aliphatic rings. The molecule has 312 valence electrons. The monoisotopic (exact) mass is 897 g/mol. The Morgan fingerprint density at radius 2 is 1.10 bits per heavy atom. The predicted molar refractivity (Wildman–Crippen MR) is 249 cm³/mol. The molecule has 0 heterocycles. The van der Waals surface area contributed by atoms with Gasteiger partial charge in [-0.1, -0.05) is 89.1 Å². The molecule has 0 spiro atoms. The third-order valence-corrected chi connectivity index (χ3v) is 12.5. The van der Waals surface area contributed by atoms with Crippen LogP contribution in [0.5, 0.6) is 0 Å². The maximum absolute atomic E-state index is 14.0. The van der Waals surface area contributed by atoms with Crippen molar-refractivity contribution < 1.29 is 30.0 Å². The molecule has 0 aromatic heterocycles. The van der Waals surface area contributed by atoms with Crippen molar-refractivity contribution >= 4 is 95.2 Å². The molecule has 0 amide bonds. The van der Waals surface area contributed by atoms with E-state index in [1.54, 1.807) is 33.9 Å². The summed E-state index contributed by atoms with van der Waals surface area (Å²) in [7, 11) is -9.77. The minimum atomic E-state index is -5.91. The number of halogens is 3. The lowest BCUT2D eigenvalue weighted by Crippen LogP contribution is -2.31. The maximum atomic E-state index is 14.0. The summed E-state index contributed by atoms with van der Waals surface area (Å²) in [5.41, 5.74) is 3.13. The largest absolute Gasteiger partial charge is 0.516 e. The molecule has 61 heavy (non-hydrogen) atoms. The SMILES string of the molecule is Cc1ccc(N(c2ccc(C)cc2)c2ccc(C3=C(S)C(=C4C=CC(=[N+](c5ccc(C)cc5)c5ccc(C)cc5)C=C4NS(C)(=O)=O)C3=S)c(NS(=O)(=O)C(F)(F)F)c2)cc1. The molecule has 7 rings (SSSR count). The molecule has 8 nitrogen and oxygen atoms in total. The molecule has 2 N–H and O–H groups in total. The summed E-state index contributed by atoms with van der Waals surface area (Å²) in [4.78, 5) is 2.15. The quantitative estimate of drug-likeness (QED) is 0.0559. The van der Waals surface area contributed by atoms with Crippen LogP contribution in [0.15, 0.2) is 155 Å². The van der Waals surface area contributed by atoms with Gasteiger partial charge in [-0.15, -0.1) is 12.6 Å². The van der Waals surface area contributed by atoms with Crippen molar-refractivity contribution in [2.75, 3.05) is 15.9 Å². The van der Waals surface area contributed by atoms with E-state index in [0.717, 1.165) is 39.9 Å². The van der Waals surface area contributed by atoms with Gasteiger partial charge in [-0.25, -0.2) is 8.42 Å². The molecular formula is C46H40F3N4O4S4+. The van der Waals surface area contributed by atoms with Gasteiger partial charge in [-0.3, -0.25) is 9.44 Å². The van der Waals surface area contributed by atoms with Crippen LogP contribution >= 0.6 is 24.8 Å². The number of hydrogen-bond acceptors (Lipinski definition) is 7. The molecule has 5 aromatic rings. The lowest BCUT2D eigenvalue weighted by atomic mass is 9.81. The van der Waals surface area contributed by atoms with Gasteiger partial charge < -0.3 is 4.90 Å². The van der Waals surface area contributed by atoms with E-state index in [0.29, 0.717) is 33.9 Å². The van der Waals surface area contributed by atoms with Crippen molar-refractivity contribution in [3.8, 4) is 0 Å². The lowest BCUT2D eigenvalue weighted by Gasteiger charge is -2.32. The fourth-order valence-electron chi connectivity index (χ4n) is 6.92. The van der Waals surface area contributed by atoms with Gasteiger partial charge in [-0.2, -0.15) is 26.2 Å². The third-order valence-electron chi connectivity index (χ3n) is 10.0. The smallest absolute Gasteiger partial charge is 0.310 e. The van der Waals surface area contributed by atoms with Gasteiger partial charge in [0.05, 0.1) is 22.5 Å². The number of nitrogens with one attached hydrogen (secondary N) is 2. The highest BCUT2D eigenvalue weighted by Crippen LogP contribution is 2.48. The molecule has 5 aromatic carbocycles. The number of thiol groups is 1. The Kier molecular flexibility index (Phi) is 11.8. The topological polar surface area (TPSA) is 98.6 Å². The highest BCUT2D eigenvalue weighted by Gasteiger charge is 2.47. The van der Waals surface area contributed by atoms with Crippen LogP contribution in [0.1, 0.15) is 27.8 Å². The van der Waals surface area contributed by atoms with Crippen LogP contribution < -0.4 is 18.9 Å². The Labute approximate surface area is 364 Å². The third kappa shape index (κ3) is 9.15. The molecule has 0 atom stereocenters. The Bertz CT molecular complexity index is 2880. The molecule has 0 unspecified atom stereocenters. The van der Waals surface area contributed by atoms with Crippen molar-refractivity contribution in [3.05, 3.63) is 183 Å². The van der Waals surface area contributed by atoms with Crippen molar-refractivity contribution in [1.29, 1.82) is 0 Å². The van der Waals surface area contributed by atoms with Crippen molar-refractivity contribution in [3.63, 3.8) is 0 Å². The second-order valence-electron chi connectivity index (χ2n) is 14.8. The van der Waals surface area contributed by atoms with Gasteiger partial charge in [0.1, 0.15) is 0 Å². The van der Waals surface area contributed by atoms with E-state index in [-0.39, 0.29) is 26.6 Å². The van der Waals surface area contributed by atoms with E-state index in [9.17, 15) is 30.0 Å². The van der Waals surface area contributed by atoms with Crippen LogP contribution in [-0.4, -0.2) is 39.2 Å². The minimum Gasteiger partial charge on any atom is -0.310 e. The Balaban J connectivity index is 1.40. The van der Waals surface area contributed by atoms with Crippen LogP contribution in [0.3, 0.4) is 0 Å². The fraction of sp³-hybridized carbons (Fsp3) is 0.130. The van der Waals surface area contributed by atoms with E-state index in [4.69, 9.17) is 24.8 Å². The number of sulfonamides is 2. The number of thiocarbonyl (C=S) groups is 1. The molecule has 0 radical (unpaired) electrons. The summed E-state index contributed by atoms with van der Waals surface area (Å²) in [6.07, 6.45) is 6.20. The van der Waals surface area contributed by atoms with E-state index in [1.807, 2.05) is 129 Å². The number of allylic oxidation sites excluding steroid dienone is 5. The van der Waals surface area contributed by atoms with Crippen molar-refractivity contribution in [1.82, 2.24) is 9.30 Å². The van der Waals surface area contributed by atoms with Crippen LogP contribution in [0, 0.1) is 27.7 Å². The summed E-state index contributed by atoms with van der Waals surface area (Å²) >= 11 is 10.7. The number of nitrogens with zero attached hydrogens (tertiary/aromatic N) is 2. The Hall–Kier alpha value is -5.74. The summed E-state index contributed by atoms with van der Waals surface area (Å²) in [6.45, 7) is 7.81. The molecule has 0 aliphatic heterocycles. The van der Waals surface area contributed by atoms with Crippen LogP contribution in [0.25, 0.3) is 5.57 Å². The summed E-state index contributed by atoms with van der Waals surface area (Å²) in [6, 6.07) is 35.2. The van der Waals surface area contributed by atoms with Gasteiger partial charge in [0, 0.05) is 80.7 Å².